The zero-order chi connectivity index (χ0) is 15.1. The van der Waals surface area contributed by atoms with Crippen LogP contribution in [0.15, 0.2) is 36.4 Å². The van der Waals surface area contributed by atoms with E-state index in [0.717, 1.165) is 36.3 Å². The van der Waals surface area contributed by atoms with Crippen LogP contribution in [0, 0.1) is 0 Å². The topological polar surface area (TPSA) is 22.1 Å². The Morgan fingerprint density at radius 2 is 1.76 bits per heavy atom. The van der Waals surface area contributed by atoms with E-state index in [-0.39, 0.29) is 0 Å². The van der Waals surface area contributed by atoms with E-state index in [1.807, 2.05) is 18.2 Å². The van der Waals surface area contributed by atoms with Gasteiger partial charge in [-0.1, -0.05) is 44.9 Å². The fourth-order valence-corrected chi connectivity index (χ4v) is 2.59. The number of aromatic nitrogens is 1. The van der Waals surface area contributed by atoms with Crippen molar-refractivity contribution < 1.29 is 4.74 Å². The van der Waals surface area contributed by atoms with E-state index in [2.05, 4.69) is 32.0 Å². The molecular weight excluding hydrogens is 258 g/mol. The fraction of sp³-hybridized carbons (Fsp3) is 0.421. The molecule has 0 aliphatic carbocycles. The third-order valence-electron chi connectivity index (χ3n) is 3.74. The van der Waals surface area contributed by atoms with Crippen LogP contribution in [-0.2, 0) is 12.8 Å². The van der Waals surface area contributed by atoms with Crippen molar-refractivity contribution in [3.63, 3.8) is 0 Å². The van der Waals surface area contributed by atoms with Gasteiger partial charge in [0.25, 0.3) is 0 Å². The Balaban J connectivity index is 2.40. The number of hydrogen-bond acceptors (Lipinski definition) is 2. The van der Waals surface area contributed by atoms with Gasteiger partial charge in [0.05, 0.1) is 12.8 Å². The van der Waals surface area contributed by atoms with Crippen molar-refractivity contribution >= 4 is 0 Å². The molecule has 0 atom stereocenters. The molecule has 0 bridgehead atoms. The number of rotatable bonds is 7. The summed E-state index contributed by atoms with van der Waals surface area (Å²) in [4.78, 5) is 4.93. The van der Waals surface area contributed by atoms with Crippen LogP contribution in [0.4, 0.5) is 0 Å². The Morgan fingerprint density at radius 1 is 0.952 bits per heavy atom. The van der Waals surface area contributed by atoms with Gasteiger partial charge in [0, 0.05) is 11.3 Å². The number of unbranched alkanes of at least 4 members (excludes halogenated alkanes) is 1. The summed E-state index contributed by atoms with van der Waals surface area (Å²) in [6.45, 7) is 4.45. The minimum absolute atomic E-state index is 0.884. The van der Waals surface area contributed by atoms with E-state index in [1.54, 1.807) is 7.11 Å². The molecule has 0 amide bonds. The second-order valence-electron chi connectivity index (χ2n) is 5.36. The summed E-state index contributed by atoms with van der Waals surface area (Å²) in [5.74, 6) is 0.884. The van der Waals surface area contributed by atoms with Crippen molar-refractivity contribution in [3.8, 4) is 17.0 Å². The molecule has 1 heterocycles. The van der Waals surface area contributed by atoms with Crippen LogP contribution in [0.1, 0.15) is 44.4 Å². The highest BCUT2D eigenvalue weighted by Gasteiger charge is 2.10. The molecule has 0 radical (unpaired) electrons. The van der Waals surface area contributed by atoms with Crippen LogP contribution in [-0.4, -0.2) is 12.1 Å². The fourth-order valence-electron chi connectivity index (χ4n) is 2.59. The normalized spacial score (nSPS) is 10.6. The molecule has 1 aromatic carbocycles. The third kappa shape index (κ3) is 3.84. The smallest absolute Gasteiger partial charge is 0.128 e. The molecule has 0 saturated carbocycles. The lowest BCUT2D eigenvalue weighted by Crippen LogP contribution is -2.00. The van der Waals surface area contributed by atoms with Gasteiger partial charge in [-0.25, -0.2) is 0 Å². The average molecular weight is 283 g/mol. The lowest BCUT2D eigenvalue weighted by Gasteiger charge is -2.12. The van der Waals surface area contributed by atoms with Crippen LogP contribution in [0.25, 0.3) is 11.3 Å². The first-order valence-corrected chi connectivity index (χ1v) is 7.92. The molecule has 0 aliphatic heterocycles. The van der Waals surface area contributed by atoms with Gasteiger partial charge < -0.3 is 4.74 Å². The first-order valence-electron chi connectivity index (χ1n) is 7.92. The van der Waals surface area contributed by atoms with Gasteiger partial charge in [0.15, 0.2) is 0 Å². The van der Waals surface area contributed by atoms with Crippen molar-refractivity contribution in [1.82, 2.24) is 4.98 Å². The van der Waals surface area contributed by atoms with Crippen molar-refractivity contribution in [2.75, 3.05) is 7.11 Å². The summed E-state index contributed by atoms with van der Waals surface area (Å²) in [6, 6.07) is 12.4. The molecule has 0 fully saturated rings. The maximum Gasteiger partial charge on any atom is 0.128 e. The maximum absolute atomic E-state index is 5.46. The number of para-hydroxylation sites is 1. The van der Waals surface area contributed by atoms with Gasteiger partial charge >= 0.3 is 0 Å². The summed E-state index contributed by atoms with van der Waals surface area (Å²) in [5, 5.41) is 0. The van der Waals surface area contributed by atoms with Crippen LogP contribution < -0.4 is 4.74 Å². The number of ether oxygens (including phenoxy) is 1. The lowest BCUT2D eigenvalue weighted by molar-refractivity contribution is 0.416. The second kappa shape index (κ2) is 7.82. The van der Waals surface area contributed by atoms with Crippen molar-refractivity contribution in [3.05, 3.63) is 47.7 Å². The molecule has 2 rings (SSSR count). The Labute approximate surface area is 128 Å². The molecule has 2 heteroatoms. The SMILES string of the molecule is CCCCc1nc(-c2ccccc2OC)ccc1CCC. The minimum atomic E-state index is 0.884. The molecule has 0 aliphatic rings. The van der Waals surface area contributed by atoms with Gasteiger partial charge in [0.1, 0.15) is 5.75 Å². The number of aryl methyl sites for hydroxylation is 2. The van der Waals surface area contributed by atoms with Gasteiger partial charge in [-0.15, -0.1) is 0 Å². The van der Waals surface area contributed by atoms with E-state index in [1.165, 1.54) is 24.1 Å². The maximum atomic E-state index is 5.46. The standard InChI is InChI=1S/C19H25NO/c1-4-6-11-17-15(9-5-2)13-14-18(20-17)16-10-7-8-12-19(16)21-3/h7-8,10,12-14H,4-6,9,11H2,1-3H3. The molecule has 0 spiro atoms. The predicted octanol–water partition coefficient (Wildman–Crippen LogP) is 5.05. The van der Waals surface area contributed by atoms with E-state index in [9.17, 15) is 0 Å². The first kappa shape index (κ1) is 15.6. The van der Waals surface area contributed by atoms with E-state index in [4.69, 9.17) is 9.72 Å². The predicted molar refractivity (Wildman–Crippen MR) is 88.8 cm³/mol. The zero-order valence-electron chi connectivity index (χ0n) is 13.4. The van der Waals surface area contributed by atoms with Crippen LogP contribution in [0.3, 0.4) is 0 Å². The largest absolute Gasteiger partial charge is 0.496 e. The Hall–Kier alpha value is -1.83. The van der Waals surface area contributed by atoms with Crippen LogP contribution in [0.5, 0.6) is 5.75 Å². The molecule has 0 N–H and O–H groups in total. The highest BCUT2D eigenvalue weighted by atomic mass is 16.5. The van der Waals surface area contributed by atoms with Gasteiger partial charge in [-0.2, -0.15) is 0 Å². The van der Waals surface area contributed by atoms with Gasteiger partial charge in [-0.05, 0) is 43.0 Å². The minimum Gasteiger partial charge on any atom is -0.496 e. The summed E-state index contributed by atoms with van der Waals surface area (Å²) in [5.41, 5.74) is 4.73. The van der Waals surface area contributed by atoms with Crippen molar-refractivity contribution in [2.45, 2.75) is 46.0 Å². The van der Waals surface area contributed by atoms with Crippen molar-refractivity contribution in [2.24, 2.45) is 0 Å². The van der Waals surface area contributed by atoms with Gasteiger partial charge in [-0.3, -0.25) is 4.98 Å². The monoisotopic (exact) mass is 283 g/mol. The number of pyridine rings is 1. The second-order valence-corrected chi connectivity index (χ2v) is 5.36. The molecule has 0 unspecified atom stereocenters. The number of hydrogen-bond donors (Lipinski definition) is 0. The molecule has 112 valence electrons. The third-order valence-corrected chi connectivity index (χ3v) is 3.74. The van der Waals surface area contributed by atoms with E-state index in [0.29, 0.717) is 0 Å². The zero-order valence-corrected chi connectivity index (χ0v) is 13.4. The molecule has 1 aromatic heterocycles. The van der Waals surface area contributed by atoms with Gasteiger partial charge in [0.2, 0.25) is 0 Å². The molecule has 21 heavy (non-hydrogen) atoms. The van der Waals surface area contributed by atoms with E-state index < -0.39 is 0 Å². The Bertz CT molecular complexity index is 578. The Morgan fingerprint density at radius 3 is 2.48 bits per heavy atom. The summed E-state index contributed by atoms with van der Waals surface area (Å²) >= 11 is 0. The summed E-state index contributed by atoms with van der Waals surface area (Å²) < 4.78 is 5.46. The molecule has 2 nitrogen and oxygen atoms in total. The number of nitrogens with zero attached hydrogens (tertiary/aromatic N) is 1. The summed E-state index contributed by atoms with van der Waals surface area (Å²) in [6.07, 6.45) is 5.73. The Kier molecular flexibility index (Phi) is 5.79. The summed E-state index contributed by atoms with van der Waals surface area (Å²) in [7, 11) is 1.71. The molecule has 0 saturated heterocycles. The number of methoxy groups -OCH3 is 1. The lowest BCUT2D eigenvalue weighted by atomic mass is 10.0. The highest BCUT2D eigenvalue weighted by molar-refractivity contribution is 5.67. The molecular formula is C19H25NO. The van der Waals surface area contributed by atoms with Crippen LogP contribution in [0.2, 0.25) is 0 Å². The number of benzene rings is 1. The first-order chi connectivity index (χ1) is 10.3. The molecule has 2 aromatic rings. The quantitative estimate of drug-likeness (QED) is 0.709. The average Bonchev–Trinajstić information content (AvgIpc) is 2.54. The highest BCUT2D eigenvalue weighted by Crippen LogP contribution is 2.29. The van der Waals surface area contributed by atoms with E-state index >= 15 is 0 Å². The van der Waals surface area contributed by atoms with Crippen LogP contribution >= 0.6 is 0 Å². The van der Waals surface area contributed by atoms with Crippen molar-refractivity contribution in [1.29, 1.82) is 0 Å².